The molecule has 0 aliphatic carbocycles. The topological polar surface area (TPSA) is 26.0 Å². The summed E-state index contributed by atoms with van der Waals surface area (Å²) in [5.74, 6) is -0.164. The van der Waals surface area contributed by atoms with Crippen molar-refractivity contribution in [3.8, 4) is 11.1 Å². The lowest BCUT2D eigenvalue weighted by Crippen LogP contribution is -1.95. The number of thiophene rings is 1. The Morgan fingerprint density at radius 2 is 2.13 bits per heavy atom. The van der Waals surface area contributed by atoms with E-state index in [1.54, 1.807) is 24.3 Å². The fourth-order valence-corrected chi connectivity index (χ4v) is 2.35. The summed E-state index contributed by atoms with van der Waals surface area (Å²) in [5.41, 5.74) is 8.46. The summed E-state index contributed by atoms with van der Waals surface area (Å²) < 4.78 is 13.1. The van der Waals surface area contributed by atoms with Crippen molar-refractivity contribution in [3.63, 3.8) is 0 Å². The fourth-order valence-electron chi connectivity index (χ4n) is 1.57. The van der Waals surface area contributed by atoms with Crippen LogP contribution in [0.5, 0.6) is 0 Å². The molecule has 2 N–H and O–H groups in total. The molecule has 0 unspecified atom stereocenters. The Labute approximate surface area is 92.4 Å². The van der Waals surface area contributed by atoms with E-state index < -0.39 is 0 Å². The van der Waals surface area contributed by atoms with Crippen molar-refractivity contribution in [2.24, 2.45) is 5.73 Å². The molecule has 1 aromatic carbocycles. The molecule has 1 aromatic heterocycles. The molecule has 0 spiro atoms. The minimum atomic E-state index is -0.164. The normalized spacial score (nSPS) is 10.6. The summed E-state index contributed by atoms with van der Waals surface area (Å²) in [6.45, 7) is 2.30. The van der Waals surface area contributed by atoms with Gasteiger partial charge in [-0.05, 0) is 47.2 Å². The van der Waals surface area contributed by atoms with Crippen molar-refractivity contribution in [1.29, 1.82) is 0 Å². The number of nitrogens with two attached hydrogens (primary N) is 1. The van der Waals surface area contributed by atoms with Crippen LogP contribution < -0.4 is 5.73 Å². The molecule has 0 aliphatic heterocycles. The second-order valence-electron chi connectivity index (χ2n) is 3.43. The lowest BCUT2D eigenvalue weighted by Gasteiger charge is -2.04. The quantitative estimate of drug-likeness (QED) is 0.827. The van der Waals surface area contributed by atoms with Crippen molar-refractivity contribution in [2.45, 2.75) is 13.5 Å². The van der Waals surface area contributed by atoms with Gasteiger partial charge >= 0.3 is 0 Å². The molecule has 78 valence electrons. The van der Waals surface area contributed by atoms with Crippen molar-refractivity contribution in [1.82, 2.24) is 0 Å². The van der Waals surface area contributed by atoms with E-state index in [0.717, 1.165) is 16.0 Å². The van der Waals surface area contributed by atoms with Crippen molar-refractivity contribution in [3.05, 3.63) is 45.9 Å². The molecule has 0 saturated carbocycles. The van der Waals surface area contributed by atoms with Crippen LogP contribution in [0, 0.1) is 12.7 Å². The van der Waals surface area contributed by atoms with Gasteiger partial charge in [0.25, 0.3) is 0 Å². The maximum absolute atomic E-state index is 13.1. The highest BCUT2D eigenvalue weighted by molar-refractivity contribution is 7.10. The van der Waals surface area contributed by atoms with Gasteiger partial charge in [0.2, 0.25) is 0 Å². The molecule has 0 radical (unpaired) electrons. The molecule has 15 heavy (non-hydrogen) atoms. The number of hydrogen-bond donors (Lipinski definition) is 1. The SMILES string of the molecule is Cc1cc(-c2ccsc2CN)ccc1F. The molecule has 0 amide bonds. The average Bonchev–Trinajstić information content (AvgIpc) is 2.70. The molecule has 0 atom stereocenters. The van der Waals surface area contributed by atoms with Crippen LogP contribution in [0.4, 0.5) is 4.39 Å². The average molecular weight is 221 g/mol. The molecular weight excluding hydrogens is 209 g/mol. The van der Waals surface area contributed by atoms with E-state index in [9.17, 15) is 4.39 Å². The summed E-state index contributed by atoms with van der Waals surface area (Å²) >= 11 is 1.64. The number of aryl methyl sites for hydroxylation is 1. The largest absolute Gasteiger partial charge is 0.326 e. The number of rotatable bonds is 2. The van der Waals surface area contributed by atoms with Crippen LogP contribution in [0.25, 0.3) is 11.1 Å². The van der Waals surface area contributed by atoms with Gasteiger partial charge < -0.3 is 5.73 Å². The lowest BCUT2D eigenvalue weighted by molar-refractivity contribution is 0.619. The van der Waals surface area contributed by atoms with Crippen LogP contribution in [0.15, 0.2) is 29.6 Å². The molecule has 0 saturated heterocycles. The maximum Gasteiger partial charge on any atom is 0.126 e. The Morgan fingerprint density at radius 1 is 1.33 bits per heavy atom. The summed E-state index contributed by atoms with van der Waals surface area (Å²) in [5, 5.41) is 2.01. The molecule has 0 fully saturated rings. The van der Waals surface area contributed by atoms with Gasteiger partial charge in [-0.25, -0.2) is 4.39 Å². The zero-order chi connectivity index (χ0) is 10.8. The fraction of sp³-hybridized carbons (Fsp3) is 0.167. The minimum Gasteiger partial charge on any atom is -0.326 e. The van der Waals surface area contributed by atoms with Crippen LogP contribution in [-0.2, 0) is 6.54 Å². The number of halogens is 1. The third-order valence-corrected chi connectivity index (χ3v) is 3.34. The molecule has 2 aromatic rings. The number of hydrogen-bond acceptors (Lipinski definition) is 2. The second kappa shape index (κ2) is 4.13. The second-order valence-corrected chi connectivity index (χ2v) is 4.43. The molecule has 2 rings (SSSR count). The van der Waals surface area contributed by atoms with E-state index in [0.29, 0.717) is 12.1 Å². The van der Waals surface area contributed by atoms with Crippen LogP contribution in [0.3, 0.4) is 0 Å². The third kappa shape index (κ3) is 1.94. The predicted molar refractivity (Wildman–Crippen MR) is 62.3 cm³/mol. The van der Waals surface area contributed by atoms with Crippen LogP contribution in [0.2, 0.25) is 0 Å². The minimum absolute atomic E-state index is 0.164. The van der Waals surface area contributed by atoms with E-state index in [2.05, 4.69) is 0 Å². The van der Waals surface area contributed by atoms with Crippen molar-refractivity contribution >= 4 is 11.3 Å². The van der Waals surface area contributed by atoms with Crippen LogP contribution >= 0.6 is 11.3 Å². The third-order valence-electron chi connectivity index (χ3n) is 2.40. The van der Waals surface area contributed by atoms with Gasteiger partial charge in [0.15, 0.2) is 0 Å². The molecule has 1 nitrogen and oxygen atoms in total. The summed E-state index contributed by atoms with van der Waals surface area (Å²) in [4.78, 5) is 1.14. The molecule has 0 bridgehead atoms. The highest BCUT2D eigenvalue weighted by Gasteiger charge is 2.06. The zero-order valence-electron chi connectivity index (χ0n) is 8.46. The summed E-state index contributed by atoms with van der Waals surface area (Å²) in [6.07, 6.45) is 0. The summed E-state index contributed by atoms with van der Waals surface area (Å²) in [7, 11) is 0. The van der Waals surface area contributed by atoms with E-state index in [4.69, 9.17) is 5.73 Å². The maximum atomic E-state index is 13.1. The lowest BCUT2D eigenvalue weighted by atomic mass is 10.0. The van der Waals surface area contributed by atoms with E-state index in [-0.39, 0.29) is 5.82 Å². The molecule has 3 heteroatoms. The summed E-state index contributed by atoms with van der Waals surface area (Å²) in [6, 6.07) is 7.18. The Morgan fingerprint density at radius 3 is 2.80 bits per heavy atom. The van der Waals surface area contributed by atoms with Gasteiger partial charge in [0.05, 0.1) is 0 Å². The van der Waals surface area contributed by atoms with Gasteiger partial charge in [0, 0.05) is 11.4 Å². The van der Waals surface area contributed by atoms with Gasteiger partial charge in [-0.2, -0.15) is 0 Å². The first-order valence-electron chi connectivity index (χ1n) is 4.75. The van der Waals surface area contributed by atoms with Crippen molar-refractivity contribution in [2.75, 3.05) is 0 Å². The first-order valence-corrected chi connectivity index (χ1v) is 5.63. The molecule has 0 aliphatic rings. The van der Waals surface area contributed by atoms with E-state index in [1.165, 1.54) is 6.07 Å². The van der Waals surface area contributed by atoms with Crippen molar-refractivity contribution < 1.29 is 4.39 Å². The standard InChI is InChI=1S/C12H12FNS/c1-8-6-9(2-3-11(8)13)10-4-5-15-12(10)7-14/h2-6H,7,14H2,1H3. The highest BCUT2D eigenvalue weighted by Crippen LogP contribution is 2.28. The van der Waals surface area contributed by atoms with Gasteiger partial charge in [-0.3, -0.25) is 0 Å². The van der Waals surface area contributed by atoms with Gasteiger partial charge in [-0.1, -0.05) is 6.07 Å². The van der Waals surface area contributed by atoms with Gasteiger partial charge in [0.1, 0.15) is 5.82 Å². The molecular formula is C12H12FNS. The molecule has 1 heterocycles. The predicted octanol–water partition coefficient (Wildman–Crippen LogP) is 3.32. The Balaban J connectivity index is 2.50. The first-order chi connectivity index (χ1) is 7.22. The smallest absolute Gasteiger partial charge is 0.126 e. The first kappa shape index (κ1) is 10.3. The van der Waals surface area contributed by atoms with Gasteiger partial charge in [-0.15, -0.1) is 11.3 Å². The monoisotopic (exact) mass is 221 g/mol. The Bertz CT molecular complexity index is 476. The van der Waals surface area contributed by atoms with Crippen LogP contribution in [-0.4, -0.2) is 0 Å². The Hall–Kier alpha value is -1.19. The van der Waals surface area contributed by atoms with E-state index >= 15 is 0 Å². The van der Waals surface area contributed by atoms with E-state index in [1.807, 2.05) is 17.5 Å². The Kier molecular flexibility index (Phi) is 2.84. The zero-order valence-corrected chi connectivity index (χ0v) is 9.27. The highest BCUT2D eigenvalue weighted by atomic mass is 32.1. The number of benzene rings is 1. The van der Waals surface area contributed by atoms with Crippen LogP contribution in [0.1, 0.15) is 10.4 Å².